The second-order valence-electron chi connectivity index (χ2n) is 13.1. The van der Waals surface area contributed by atoms with Crippen molar-refractivity contribution in [3.63, 3.8) is 0 Å². The van der Waals surface area contributed by atoms with Crippen molar-refractivity contribution in [2.45, 2.75) is 50.6 Å². The number of likely N-dealkylation sites (tertiary alicyclic amines) is 1. The van der Waals surface area contributed by atoms with Crippen molar-refractivity contribution in [1.29, 1.82) is 0 Å². The van der Waals surface area contributed by atoms with Crippen LogP contribution in [0.2, 0.25) is 0 Å². The molecule has 3 fully saturated rings. The van der Waals surface area contributed by atoms with Crippen LogP contribution in [0, 0.1) is 5.82 Å². The topological polar surface area (TPSA) is 113 Å². The number of anilines is 1. The van der Waals surface area contributed by atoms with Gasteiger partial charge in [-0.3, -0.25) is 14.6 Å². The average molecular weight is 675 g/mol. The molecule has 262 valence electrons. The lowest BCUT2D eigenvalue weighted by molar-refractivity contribution is 0.0338. The van der Waals surface area contributed by atoms with E-state index < -0.39 is 0 Å². The third-order valence-corrected chi connectivity index (χ3v) is 9.57. The smallest absolute Gasteiger partial charge is 0.322 e. The van der Waals surface area contributed by atoms with E-state index in [4.69, 9.17) is 19.3 Å². The summed E-state index contributed by atoms with van der Waals surface area (Å²) < 4.78 is 30.4. The van der Waals surface area contributed by atoms with Crippen LogP contribution < -0.4 is 20.3 Å². The Kier molecular flexibility index (Phi) is 11.5. The van der Waals surface area contributed by atoms with Gasteiger partial charge in [0.25, 0.3) is 5.91 Å². The van der Waals surface area contributed by atoms with Crippen molar-refractivity contribution in [2.24, 2.45) is 0 Å². The first-order chi connectivity index (χ1) is 23.9. The molecule has 0 radical (unpaired) electrons. The summed E-state index contributed by atoms with van der Waals surface area (Å²) >= 11 is 0. The van der Waals surface area contributed by atoms with Crippen molar-refractivity contribution >= 4 is 17.6 Å². The number of benzene rings is 3. The molecule has 3 aromatic carbocycles. The van der Waals surface area contributed by atoms with Crippen molar-refractivity contribution in [3.05, 3.63) is 83.2 Å². The second-order valence-corrected chi connectivity index (χ2v) is 13.1. The highest BCUT2D eigenvalue weighted by Gasteiger charge is 2.45. The van der Waals surface area contributed by atoms with Gasteiger partial charge in [0.05, 0.1) is 51.7 Å². The monoisotopic (exact) mass is 674 g/mol. The standard InChI is InChI=1S/C38H47FN4O6/c1-2-49-35-24-34(28-5-9-31(39)10-6-28)33(27-3-4-27)23-30(35)25-42-16-13-38(14-17-42)26-43(37(46)41-38)32-11-7-29(8-12-32)36(45)40-15-19-47-21-22-48-20-18-44/h5-12,23-24,27,44H,2-4,13-22,25-26H2,1H3,(H,40,45)(H,41,46). The van der Waals surface area contributed by atoms with E-state index in [9.17, 15) is 14.0 Å². The summed E-state index contributed by atoms with van der Waals surface area (Å²) in [6.07, 6.45) is 4.00. The number of nitrogens with one attached hydrogen (secondary N) is 2. The van der Waals surface area contributed by atoms with E-state index in [1.807, 2.05) is 31.2 Å². The first-order valence-corrected chi connectivity index (χ1v) is 17.4. The molecule has 49 heavy (non-hydrogen) atoms. The summed E-state index contributed by atoms with van der Waals surface area (Å²) in [7, 11) is 0. The largest absolute Gasteiger partial charge is 0.494 e. The number of ether oxygens (including phenoxy) is 3. The molecular formula is C38H47FN4O6. The van der Waals surface area contributed by atoms with Crippen molar-refractivity contribution in [2.75, 3.05) is 70.7 Å². The zero-order valence-corrected chi connectivity index (χ0v) is 28.2. The minimum atomic E-state index is -0.304. The van der Waals surface area contributed by atoms with Crippen LogP contribution >= 0.6 is 0 Å². The summed E-state index contributed by atoms with van der Waals surface area (Å²) in [5, 5.41) is 14.8. The maximum absolute atomic E-state index is 13.7. The normalized spacial score (nSPS) is 17.4. The number of urea groups is 1. The predicted octanol–water partition coefficient (Wildman–Crippen LogP) is 5.09. The number of aliphatic hydroxyl groups is 1. The van der Waals surface area contributed by atoms with Crippen LogP contribution in [-0.4, -0.2) is 93.3 Å². The lowest BCUT2D eigenvalue weighted by Gasteiger charge is -2.39. The number of piperidine rings is 1. The summed E-state index contributed by atoms with van der Waals surface area (Å²) in [5.74, 6) is 0.954. The van der Waals surface area contributed by atoms with E-state index in [1.54, 1.807) is 17.0 Å². The molecule has 0 unspecified atom stereocenters. The van der Waals surface area contributed by atoms with Gasteiger partial charge in [-0.25, -0.2) is 9.18 Å². The predicted molar refractivity (Wildman–Crippen MR) is 186 cm³/mol. The quantitative estimate of drug-likeness (QED) is 0.182. The highest BCUT2D eigenvalue weighted by atomic mass is 19.1. The molecule has 0 atom stereocenters. The van der Waals surface area contributed by atoms with Crippen molar-refractivity contribution < 1.29 is 33.3 Å². The van der Waals surface area contributed by atoms with Crippen molar-refractivity contribution in [1.82, 2.24) is 15.5 Å². The Hall–Kier alpha value is -4.03. The fraction of sp³-hybridized carbons (Fsp3) is 0.474. The lowest BCUT2D eigenvalue weighted by Crippen LogP contribution is -2.52. The van der Waals surface area contributed by atoms with Gasteiger partial charge in [0.2, 0.25) is 0 Å². The first-order valence-electron chi connectivity index (χ1n) is 17.4. The van der Waals surface area contributed by atoms with Gasteiger partial charge in [-0.15, -0.1) is 0 Å². The Morgan fingerprint density at radius 3 is 2.39 bits per heavy atom. The molecule has 1 saturated carbocycles. The van der Waals surface area contributed by atoms with Crippen LogP contribution in [0.15, 0.2) is 60.7 Å². The molecular weight excluding hydrogens is 627 g/mol. The number of amides is 3. The van der Waals surface area contributed by atoms with Gasteiger partial charge in [-0.1, -0.05) is 12.1 Å². The molecule has 0 aromatic heterocycles. The lowest BCUT2D eigenvalue weighted by atomic mass is 9.87. The average Bonchev–Trinajstić information content (AvgIpc) is 3.91. The third-order valence-electron chi connectivity index (χ3n) is 9.57. The van der Waals surface area contributed by atoms with Crippen LogP contribution in [0.3, 0.4) is 0 Å². The van der Waals surface area contributed by atoms with E-state index >= 15 is 0 Å². The van der Waals surface area contributed by atoms with E-state index in [1.165, 1.54) is 36.1 Å². The number of halogens is 1. The number of aliphatic hydroxyl groups excluding tert-OH is 1. The molecule has 2 heterocycles. The fourth-order valence-electron chi connectivity index (χ4n) is 6.77. The molecule has 2 aliphatic heterocycles. The van der Waals surface area contributed by atoms with Gasteiger partial charge in [0, 0.05) is 43.0 Å². The van der Waals surface area contributed by atoms with E-state index in [0.29, 0.717) is 51.0 Å². The fourth-order valence-corrected chi connectivity index (χ4v) is 6.77. The van der Waals surface area contributed by atoms with Gasteiger partial charge in [-0.05, 0) is 104 Å². The highest BCUT2D eigenvalue weighted by Crippen LogP contribution is 2.47. The molecule has 3 aliphatic rings. The van der Waals surface area contributed by atoms with Crippen molar-refractivity contribution in [3.8, 4) is 16.9 Å². The zero-order chi connectivity index (χ0) is 34.2. The number of carbonyl (C=O) groups is 2. The minimum absolute atomic E-state index is 0.0204. The number of nitrogens with zero attached hydrogens (tertiary/aromatic N) is 2. The summed E-state index contributed by atoms with van der Waals surface area (Å²) in [6.45, 7) is 7.36. The Bertz CT molecular complexity index is 1570. The maximum atomic E-state index is 13.7. The molecule has 0 bridgehead atoms. The SMILES string of the molecule is CCOc1cc(-c2ccc(F)cc2)c(C2CC2)cc1CN1CCC2(CC1)CN(c1ccc(C(=O)NCCOCCOCCO)cc1)C(=O)N2. The van der Waals surface area contributed by atoms with Gasteiger partial charge >= 0.3 is 6.03 Å². The molecule has 1 aliphatic carbocycles. The van der Waals surface area contributed by atoms with Gasteiger partial charge in [0.1, 0.15) is 11.6 Å². The number of hydrogen-bond acceptors (Lipinski definition) is 7. The molecule has 10 nitrogen and oxygen atoms in total. The van der Waals surface area contributed by atoms with Crippen LogP contribution in [0.5, 0.6) is 5.75 Å². The van der Waals surface area contributed by atoms with Crippen LogP contribution in [-0.2, 0) is 16.0 Å². The van der Waals surface area contributed by atoms with Crippen LogP contribution in [0.1, 0.15) is 60.0 Å². The molecule has 3 amide bonds. The Balaban J connectivity index is 1.03. The highest BCUT2D eigenvalue weighted by molar-refractivity contribution is 5.97. The molecule has 3 aromatic rings. The molecule has 3 N–H and O–H groups in total. The Morgan fingerprint density at radius 1 is 1.00 bits per heavy atom. The second kappa shape index (κ2) is 16.1. The molecule has 1 spiro atoms. The Morgan fingerprint density at radius 2 is 1.71 bits per heavy atom. The number of carbonyl (C=O) groups excluding carboxylic acids is 2. The zero-order valence-electron chi connectivity index (χ0n) is 28.2. The number of hydrogen-bond donors (Lipinski definition) is 3. The maximum Gasteiger partial charge on any atom is 0.322 e. The van der Waals surface area contributed by atoms with E-state index in [0.717, 1.165) is 55.0 Å². The third kappa shape index (κ3) is 8.77. The molecule has 2 saturated heterocycles. The van der Waals surface area contributed by atoms with Crippen LogP contribution in [0.4, 0.5) is 14.9 Å². The summed E-state index contributed by atoms with van der Waals surface area (Å²) in [4.78, 5) is 30.0. The first kappa shape index (κ1) is 34.8. The van der Waals surface area contributed by atoms with E-state index in [2.05, 4.69) is 27.7 Å². The van der Waals surface area contributed by atoms with Gasteiger partial charge < -0.3 is 30.0 Å². The minimum Gasteiger partial charge on any atom is -0.494 e. The molecule has 6 rings (SSSR count). The summed E-state index contributed by atoms with van der Waals surface area (Å²) in [5.41, 5.74) is 5.58. The Labute approximate surface area is 287 Å². The van der Waals surface area contributed by atoms with Gasteiger partial charge in [0.15, 0.2) is 0 Å². The number of rotatable bonds is 16. The van der Waals surface area contributed by atoms with E-state index in [-0.39, 0.29) is 36.5 Å². The van der Waals surface area contributed by atoms with Gasteiger partial charge in [-0.2, -0.15) is 0 Å². The van der Waals surface area contributed by atoms with Crippen LogP contribution in [0.25, 0.3) is 11.1 Å². The summed E-state index contributed by atoms with van der Waals surface area (Å²) in [6, 6.07) is 18.2. The molecule has 11 heteroatoms.